The van der Waals surface area contributed by atoms with Crippen molar-refractivity contribution in [3.63, 3.8) is 0 Å². The molecule has 0 aliphatic heterocycles. The number of methoxy groups -OCH3 is 1. The lowest BCUT2D eigenvalue weighted by molar-refractivity contribution is -0.127. The normalized spacial score (nSPS) is 10.6. The molecule has 0 aliphatic carbocycles. The van der Waals surface area contributed by atoms with Crippen LogP contribution >= 0.6 is 23.1 Å². The van der Waals surface area contributed by atoms with E-state index in [-0.39, 0.29) is 17.5 Å². The summed E-state index contributed by atoms with van der Waals surface area (Å²) in [5, 5.41) is 12.0. The van der Waals surface area contributed by atoms with Gasteiger partial charge >= 0.3 is 0 Å². The molecule has 3 aromatic rings. The maximum absolute atomic E-state index is 12.9. The molecular weight excluding hydrogens is 411 g/mol. The molecular formula is C20H21FN4O2S2. The van der Waals surface area contributed by atoms with Gasteiger partial charge in [0.25, 0.3) is 0 Å². The molecule has 0 fully saturated rings. The number of halogens is 1. The molecule has 0 spiro atoms. The lowest BCUT2D eigenvalue weighted by atomic mass is 10.2. The molecule has 6 nitrogen and oxygen atoms in total. The monoisotopic (exact) mass is 432 g/mol. The molecule has 0 atom stereocenters. The van der Waals surface area contributed by atoms with E-state index in [1.807, 2.05) is 24.3 Å². The summed E-state index contributed by atoms with van der Waals surface area (Å²) in [6, 6.07) is 13.9. The second-order valence-corrected chi connectivity index (χ2v) is 8.44. The zero-order chi connectivity index (χ0) is 20.6. The average molecular weight is 433 g/mol. The van der Waals surface area contributed by atoms with Crippen LogP contribution in [0.15, 0.2) is 52.9 Å². The molecule has 0 bridgehead atoms. The molecule has 1 N–H and O–H groups in total. The number of carbonyl (C=O) groups is 1. The van der Waals surface area contributed by atoms with Crippen LogP contribution in [0.3, 0.4) is 0 Å². The number of hydrogen-bond acceptors (Lipinski definition) is 7. The number of hydrogen-bond donors (Lipinski definition) is 1. The van der Waals surface area contributed by atoms with Gasteiger partial charge < -0.3 is 15.0 Å². The van der Waals surface area contributed by atoms with Gasteiger partial charge in [-0.2, -0.15) is 0 Å². The number of nitrogens with one attached hydrogen (secondary N) is 1. The van der Waals surface area contributed by atoms with E-state index in [0.29, 0.717) is 18.2 Å². The molecule has 1 amide bonds. The average Bonchev–Trinajstić information content (AvgIpc) is 3.19. The van der Waals surface area contributed by atoms with Crippen LogP contribution in [0, 0.1) is 5.82 Å². The van der Waals surface area contributed by atoms with Gasteiger partial charge in [-0.15, -0.1) is 10.2 Å². The fraction of sp³-hybridized carbons (Fsp3) is 0.250. The molecule has 29 heavy (non-hydrogen) atoms. The molecule has 1 aromatic heterocycles. The largest absolute Gasteiger partial charge is 0.497 e. The molecule has 2 aromatic carbocycles. The van der Waals surface area contributed by atoms with Gasteiger partial charge in [-0.05, 0) is 35.4 Å². The quantitative estimate of drug-likeness (QED) is 0.515. The topological polar surface area (TPSA) is 67.3 Å². The minimum atomic E-state index is -0.260. The van der Waals surface area contributed by atoms with Gasteiger partial charge in [-0.3, -0.25) is 4.79 Å². The Labute approximate surface area is 177 Å². The van der Waals surface area contributed by atoms with Crippen LogP contribution in [0.2, 0.25) is 0 Å². The molecule has 0 saturated carbocycles. The van der Waals surface area contributed by atoms with Crippen LogP contribution in [0.25, 0.3) is 0 Å². The molecule has 0 aliphatic rings. The fourth-order valence-corrected chi connectivity index (χ4v) is 4.17. The van der Waals surface area contributed by atoms with E-state index in [2.05, 4.69) is 15.5 Å². The fourth-order valence-electron chi connectivity index (χ4n) is 2.49. The van der Waals surface area contributed by atoms with E-state index >= 15 is 0 Å². The van der Waals surface area contributed by atoms with Gasteiger partial charge in [0.05, 0.1) is 12.9 Å². The standard InChI is InChI=1S/C20H21FN4O2S2/c1-25(12-15-4-3-5-17(10-15)27-2)18(26)13-28-20-24-23-19(29-20)22-11-14-6-8-16(21)9-7-14/h3-10H,11-13H2,1-2H3,(H,22,23). The highest BCUT2D eigenvalue weighted by Crippen LogP contribution is 2.26. The minimum Gasteiger partial charge on any atom is -0.497 e. The van der Waals surface area contributed by atoms with Gasteiger partial charge in [0.1, 0.15) is 11.6 Å². The first-order chi connectivity index (χ1) is 14.0. The summed E-state index contributed by atoms with van der Waals surface area (Å²) in [6.07, 6.45) is 0. The number of benzene rings is 2. The van der Waals surface area contributed by atoms with E-state index in [0.717, 1.165) is 21.2 Å². The maximum atomic E-state index is 12.9. The summed E-state index contributed by atoms with van der Waals surface area (Å²) in [6.45, 7) is 1.04. The Morgan fingerprint density at radius 3 is 2.76 bits per heavy atom. The van der Waals surface area contributed by atoms with Crippen LogP contribution in [-0.4, -0.2) is 40.9 Å². The third kappa shape index (κ3) is 6.43. The van der Waals surface area contributed by atoms with E-state index in [1.54, 1.807) is 31.2 Å². The van der Waals surface area contributed by atoms with E-state index in [1.165, 1.54) is 35.2 Å². The van der Waals surface area contributed by atoms with Gasteiger partial charge in [0, 0.05) is 20.1 Å². The summed E-state index contributed by atoms with van der Waals surface area (Å²) in [5.41, 5.74) is 1.96. The molecule has 152 valence electrons. The van der Waals surface area contributed by atoms with Crippen molar-refractivity contribution in [1.82, 2.24) is 15.1 Å². The summed E-state index contributed by atoms with van der Waals surface area (Å²) in [5.74, 6) is 0.804. The first-order valence-corrected chi connectivity index (χ1v) is 10.6. The van der Waals surface area contributed by atoms with Crippen molar-refractivity contribution < 1.29 is 13.9 Å². The second-order valence-electron chi connectivity index (χ2n) is 6.24. The van der Waals surface area contributed by atoms with Crippen molar-refractivity contribution in [3.8, 4) is 5.75 Å². The van der Waals surface area contributed by atoms with E-state index < -0.39 is 0 Å². The van der Waals surface area contributed by atoms with Gasteiger partial charge in [0.15, 0.2) is 4.34 Å². The van der Waals surface area contributed by atoms with Crippen molar-refractivity contribution in [2.24, 2.45) is 0 Å². The Morgan fingerprint density at radius 2 is 2.00 bits per heavy atom. The van der Waals surface area contributed by atoms with Crippen LogP contribution in [0.1, 0.15) is 11.1 Å². The minimum absolute atomic E-state index is 0.00819. The SMILES string of the molecule is COc1cccc(CN(C)C(=O)CSc2nnc(NCc3ccc(F)cc3)s2)c1. The van der Waals surface area contributed by atoms with Crippen LogP contribution in [-0.2, 0) is 17.9 Å². The van der Waals surface area contributed by atoms with Crippen molar-refractivity contribution in [2.75, 3.05) is 25.2 Å². The third-order valence-corrected chi connectivity index (χ3v) is 6.06. The first kappa shape index (κ1) is 21.1. The van der Waals surface area contributed by atoms with E-state index in [9.17, 15) is 9.18 Å². The second kappa shape index (κ2) is 10.2. The van der Waals surface area contributed by atoms with Crippen molar-refractivity contribution in [1.29, 1.82) is 0 Å². The lowest BCUT2D eigenvalue weighted by Crippen LogP contribution is -2.27. The first-order valence-electron chi connectivity index (χ1n) is 8.85. The van der Waals surface area contributed by atoms with Gasteiger partial charge in [-0.1, -0.05) is 47.4 Å². The van der Waals surface area contributed by atoms with Crippen LogP contribution in [0.5, 0.6) is 5.75 Å². The Kier molecular flexibility index (Phi) is 7.42. The zero-order valence-corrected chi connectivity index (χ0v) is 17.7. The number of rotatable bonds is 9. The lowest BCUT2D eigenvalue weighted by Gasteiger charge is -2.17. The molecule has 0 saturated heterocycles. The van der Waals surface area contributed by atoms with Gasteiger partial charge in [0.2, 0.25) is 11.0 Å². The highest BCUT2D eigenvalue weighted by atomic mass is 32.2. The maximum Gasteiger partial charge on any atom is 0.233 e. The smallest absolute Gasteiger partial charge is 0.233 e. The summed E-state index contributed by atoms with van der Waals surface area (Å²) in [4.78, 5) is 14.1. The van der Waals surface area contributed by atoms with Crippen LogP contribution < -0.4 is 10.1 Å². The highest BCUT2D eigenvalue weighted by molar-refractivity contribution is 8.01. The highest BCUT2D eigenvalue weighted by Gasteiger charge is 2.13. The Morgan fingerprint density at radius 1 is 1.21 bits per heavy atom. The van der Waals surface area contributed by atoms with Crippen molar-refractivity contribution >= 4 is 34.1 Å². The number of aromatic nitrogens is 2. The number of ether oxygens (including phenoxy) is 1. The molecule has 0 radical (unpaired) electrons. The Hall–Kier alpha value is -2.65. The van der Waals surface area contributed by atoms with Crippen molar-refractivity contribution in [3.05, 3.63) is 65.5 Å². The molecule has 0 unspecified atom stereocenters. The van der Waals surface area contributed by atoms with Gasteiger partial charge in [-0.25, -0.2) is 4.39 Å². The number of nitrogens with zero attached hydrogens (tertiary/aromatic N) is 3. The van der Waals surface area contributed by atoms with E-state index in [4.69, 9.17) is 4.74 Å². The Bertz CT molecular complexity index is 950. The number of anilines is 1. The third-order valence-electron chi connectivity index (χ3n) is 4.06. The Balaban J connectivity index is 1.45. The molecule has 3 rings (SSSR count). The summed E-state index contributed by atoms with van der Waals surface area (Å²) >= 11 is 2.75. The zero-order valence-electron chi connectivity index (χ0n) is 16.1. The summed E-state index contributed by atoms with van der Waals surface area (Å²) < 4.78 is 18.9. The van der Waals surface area contributed by atoms with Crippen molar-refractivity contribution in [2.45, 2.75) is 17.4 Å². The predicted molar refractivity (Wildman–Crippen MR) is 114 cm³/mol. The number of carbonyl (C=O) groups excluding carboxylic acids is 1. The molecule has 1 heterocycles. The molecule has 9 heteroatoms. The van der Waals surface area contributed by atoms with Crippen LogP contribution in [0.4, 0.5) is 9.52 Å². The predicted octanol–water partition coefficient (Wildman–Crippen LogP) is 4.05. The number of thioether (sulfide) groups is 1. The number of amides is 1. The summed E-state index contributed by atoms with van der Waals surface area (Å²) in [7, 11) is 3.40.